The number of dihydropyridines is 1. The van der Waals surface area contributed by atoms with E-state index in [1.165, 1.54) is 13.2 Å². The van der Waals surface area contributed by atoms with Gasteiger partial charge in [-0.25, -0.2) is 9.18 Å². The number of hydrogen-bond donors (Lipinski definition) is 1. The molecule has 0 saturated carbocycles. The Morgan fingerprint density at radius 2 is 2.00 bits per heavy atom. The number of nitrogens with one attached hydrogen (secondary N) is 1. The van der Waals surface area contributed by atoms with Crippen LogP contribution in [0.25, 0.3) is 0 Å². The van der Waals surface area contributed by atoms with Gasteiger partial charge in [-0.05, 0) is 25.8 Å². The first-order valence-corrected chi connectivity index (χ1v) is 8.36. The Hall–Kier alpha value is -2.43. The lowest BCUT2D eigenvalue weighted by molar-refractivity contribution is -0.136. The van der Waals surface area contributed by atoms with Crippen LogP contribution < -0.4 is 5.32 Å². The zero-order chi connectivity index (χ0) is 18.4. The minimum Gasteiger partial charge on any atom is -0.466 e. The summed E-state index contributed by atoms with van der Waals surface area (Å²) in [4.78, 5) is 25.6. The Labute approximate surface area is 146 Å². The summed E-state index contributed by atoms with van der Waals surface area (Å²) in [6.45, 7) is 5.54. The number of esters is 1. The molecule has 2 aliphatic rings. The van der Waals surface area contributed by atoms with Crippen molar-refractivity contribution in [3.8, 4) is 0 Å². The molecule has 0 saturated heterocycles. The lowest BCUT2D eigenvalue weighted by atomic mass is 9.67. The standard InChI is InChI=1S/C20H22FNO3/c1-11-15(19(24)25-4)16(12-7-5-6-8-13(12)21)17-14(22-11)9-10-20(2,3)18(17)23/h5-8,16,22H,9-10H2,1-4H3. The Kier molecular flexibility index (Phi) is 4.27. The number of benzene rings is 1. The van der Waals surface area contributed by atoms with Crippen molar-refractivity contribution < 1.29 is 18.7 Å². The first-order valence-electron chi connectivity index (χ1n) is 8.36. The molecule has 0 radical (unpaired) electrons. The molecule has 1 unspecified atom stereocenters. The van der Waals surface area contributed by atoms with E-state index >= 15 is 0 Å². The van der Waals surface area contributed by atoms with Crippen molar-refractivity contribution in [2.75, 3.05) is 7.11 Å². The molecule has 5 heteroatoms. The third-order valence-electron chi connectivity index (χ3n) is 5.13. The molecule has 0 spiro atoms. The van der Waals surface area contributed by atoms with E-state index in [9.17, 15) is 14.0 Å². The Morgan fingerprint density at radius 3 is 2.64 bits per heavy atom. The molecule has 0 aromatic heterocycles. The summed E-state index contributed by atoms with van der Waals surface area (Å²) in [6, 6.07) is 6.28. The van der Waals surface area contributed by atoms with Gasteiger partial charge < -0.3 is 10.1 Å². The number of allylic oxidation sites excluding steroid dienone is 3. The number of Topliss-reactive ketones (excluding diaryl/α,β-unsaturated/α-hetero) is 1. The van der Waals surface area contributed by atoms with Crippen molar-refractivity contribution in [1.82, 2.24) is 5.32 Å². The van der Waals surface area contributed by atoms with Crippen molar-refractivity contribution in [1.29, 1.82) is 0 Å². The zero-order valence-corrected chi connectivity index (χ0v) is 14.9. The second-order valence-electron chi connectivity index (χ2n) is 7.22. The highest BCUT2D eigenvalue weighted by atomic mass is 19.1. The van der Waals surface area contributed by atoms with Crippen LogP contribution in [0.1, 0.15) is 45.1 Å². The van der Waals surface area contributed by atoms with Crippen LogP contribution in [-0.4, -0.2) is 18.9 Å². The second-order valence-corrected chi connectivity index (χ2v) is 7.22. The van der Waals surface area contributed by atoms with Gasteiger partial charge in [0, 0.05) is 27.9 Å². The van der Waals surface area contributed by atoms with E-state index in [0.717, 1.165) is 5.70 Å². The molecule has 0 fully saturated rings. The zero-order valence-electron chi connectivity index (χ0n) is 14.9. The molecular formula is C20H22FNO3. The molecule has 3 rings (SSSR count). The van der Waals surface area contributed by atoms with Gasteiger partial charge in [-0.2, -0.15) is 0 Å². The fourth-order valence-electron chi connectivity index (χ4n) is 3.68. The molecule has 1 N–H and O–H groups in total. The Morgan fingerprint density at radius 1 is 1.32 bits per heavy atom. The van der Waals surface area contributed by atoms with E-state index in [1.807, 2.05) is 13.8 Å². The van der Waals surface area contributed by atoms with Crippen molar-refractivity contribution >= 4 is 11.8 Å². The van der Waals surface area contributed by atoms with Gasteiger partial charge in [0.25, 0.3) is 0 Å². The van der Waals surface area contributed by atoms with Crippen LogP contribution in [0.3, 0.4) is 0 Å². The first-order chi connectivity index (χ1) is 11.8. The highest BCUT2D eigenvalue weighted by molar-refractivity contribution is 6.06. The summed E-state index contributed by atoms with van der Waals surface area (Å²) in [5.41, 5.74) is 1.93. The second kappa shape index (κ2) is 6.14. The maximum atomic E-state index is 14.6. The summed E-state index contributed by atoms with van der Waals surface area (Å²) < 4.78 is 19.5. The minimum absolute atomic E-state index is 0.0524. The van der Waals surface area contributed by atoms with Gasteiger partial charge in [-0.3, -0.25) is 4.79 Å². The molecule has 1 heterocycles. The molecule has 1 aromatic carbocycles. The summed E-state index contributed by atoms with van der Waals surface area (Å²) in [5, 5.41) is 3.19. The average Bonchev–Trinajstić information content (AvgIpc) is 2.57. The molecular weight excluding hydrogens is 321 g/mol. The van der Waals surface area contributed by atoms with Crippen molar-refractivity contribution in [3.05, 3.63) is 58.2 Å². The van der Waals surface area contributed by atoms with E-state index in [-0.39, 0.29) is 11.4 Å². The highest BCUT2D eigenvalue weighted by Crippen LogP contribution is 2.47. The Balaban J connectivity index is 2.26. The summed E-state index contributed by atoms with van der Waals surface area (Å²) >= 11 is 0. The maximum absolute atomic E-state index is 14.6. The quantitative estimate of drug-likeness (QED) is 0.834. The van der Waals surface area contributed by atoms with Crippen LogP contribution in [0.4, 0.5) is 4.39 Å². The normalized spacial score (nSPS) is 22.4. The van der Waals surface area contributed by atoms with Gasteiger partial charge in [-0.15, -0.1) is 0 Å². The largest absolute Gasteiger partial charge is 0.466 e. The van der Waals surface area contributed by atoms with Gasteiger partial charge in [0.15, 0.2) is 5.78 Å². The lowest BCUT2D eigenvalue weighted by Gasteiger charge is -2.39. The summed E-state index contributed by atoms with van der Waals surface area (Å²) in [6.07, 6.45) is 1.40. The van der Waals surface area contributed by atoms with Crippen molar-refractivity contribution in [3.63, 3.8) is 0 Å². The van der Waals surface area contributed by atoms with Crippen LogP contribution in [0.15, 0.2) is 46.8 Å². The summed E-state index contributed by atoms with van der Waals surface area (Å²) in [7, 11) is 1.29. The third kappa shape index (κ3) is 2.77. The number of methoxy groups -OCH3 is 1. The lowest BCUT2D eigenvalue weighted by Crippen LogP contribution is -2.40. The molecule has 4 nitrogen and oxygen atoms in total. The van der Waals surface area contributed by atoms with Gasteiger partial charge in [-0.1, -0.05) is 32.0 Å². The highest BCUT2D eigenvalue weighted by Gasteiger charge is 2.45. The molecule has 0 amide bonds. The van der Waals surface area contributed by atoms with Crippen molar-refractivity contribution in [2.45, 2.75) is 39.5 Å². The number of ether oxygens (including phenoxy) is 1. The van der Waals surface area contributed by atoms with E-state index in [2.05, 4.69) is 5.32 Å². The van der Waals surface area contributed by atoms with Crippen LogP contribution >= 0.6 is 0 Å². The van der Waals surface area contributed by atoms with Crippen LogP contribution in [0.2, 0.25) is 0 Å². The van der Waals surface area contributed by atoms with Crippen LogP contribution in [0, 0.1) is 11.2 Å². The monoisotopic (exact) mass is 343 g/mol. The smallest absolute Gasteiger partial charge is 0.336 e. The predicted octanol–water partition coefficient (Wildman–Crippen LogP) is 3.60. The number of carbonyl (C=O) groups is 2. The van der Waals surface area contributed by atoms with Gasteiger partial charge >= 0.3 is 5.97 Å². The Bertz CT molecular complexity index is 820. The predicted molar refractivity (Wildman–Crippen MR) is 92.0 cm³/mol. The third-order valence-corrected chi connectivity index (χ3v) is 5.13. The number of halogens is 1. The fourth-order valence-corrected chi connectivity index (χ4v) is 3.68. The average molecular weight is 343 g/mol. The first kappa shape index (κ1) is 17.4. The number of hydrogen-bond acceptors (Lipinski definition) is 4. The maximum Gasteiger partial charge on any atom is 0.336 e. The summed E-state index contributed by atoms with van der Waals surface area (Å²) in [5.74, 6) is -1.80. The topological polar surface area (TPSA) is 55.4 Å². The fraction of sp³-hybridized carbons (Fsp3) is 0.400. The van der Waals surface area contributed by atoms with Gasteiger partial charge in [0.1, 0.15) is 5.82 Å². The molecule has 0 bridgehead atoms. The van der Waals surface area contributed by atoms with Gasteiger partial charge in [0.2, 0.25) is 0 Å². The van der Waals surface area contributed by atoms with E-state index in [4.69, 9.17) is 4.74 Å². The molecule has 1 atom stereocenters. The molecule has 1 aromatic rings. The molecule has 132 valence electrons. The van der Waals surface area contributed by atoms with E-state index < -0.39 is 23.1 Å². The number of ketones is 1. The van der Waals surface area contributed by atoms with E-state index in [1.54, 1.807) is 25.1 Å². The number of rotatable bonds is 2. The molecule has 1 aliphatic carbocycles. The van der Waals surface area contributed by atoms with Crippen LogP contribution in [0.5, 0.6) is 0 Å². The molecule has 1 aliphatic heterocycles. The minimum atomic E-state index is -0.753. The van der Waals surface area contributed by atoms with E-state index in [0.29, 0.717) is 29.7 Å². The number of carbonyl (C=O) groups excluding carboxylic acids is 2. The van der Waals surface area contributed by atoms with Crippen molar-refractivity contribution in [2.24, 2.45) is 5.41 Å². The molecule has 25 heavy (non-hydrogen) atoms. The van der Waals surface area contributed by atoms with Gasteiger partial charge in [0.05, 0.1) is 18.6 Å². The SMILES string of the molecule is COC(=O)C1=C(C)NC2=C(C(=O)C(C)(C)CC2)C1c1ccccc1F. The van der Waals surface area contributed by atoms with Crippen LogP contribution in [-0.2, 0) is 14.3 Å².